The maximum absolute atomic E-state index is 10.9. The van der Waals surface area contributed by atoms with Crippen LogP contribution in [0, 0.1) is 5.92 Å². The predicted molar refractivity (Wildman–Crippen MR) is 87.3 cm³/mol. The molecule has 0 aliphatic heterocycles. The van der Waals surface area contributed by atoms with Gasteiger partial charge in [-0.15, -0.1) is 0 Å². The number of aryl methyl sites for hydroxylation is 1. The van der Waals surface area contributed by atoms with Gasteiger partial charge in [-0.3, -0.25) is 4.90 Å². The number of fused-ring (bicyclic) bond motifs is 1. The van der Waals surface area contributed by atoms with Crippen LogP contribution in [0.4, 0.5) is 0 Å². The summed E-state index contributed by atoms with van der Waals surface area (Å²) < 4.78 is 0. The molecule has 3 rings (SSSR count). The summed E-state index contributed by atoms with van der Waals surface area (Å²) in [6.07, 6.45) is 8.35. The molecule has 2 aliphatic rings. The van der Waals surface area contributed by atoms with Crippen LogP contribution < -0.4 is 0 Å². The van der Waals surface area contributed by atoms with Crippen LogP contribution in [0.5, 0.6) is 0 Å². The highest BCUT2D eigenvalue weighted by molar-refractivity contribution is 5.31. The Morgan fingerprint density at radius 3 is 2.52 bits per heavy atom. The number of hydrogen-bond donors (Lipinski definition) is 1. The molecule has 2 nitrogen and oxygen atoms in total. The molecule has 1 saturated carbocycles. The van der Waals surface area contributed by atoms with Crippen molar-refractivity contribution >= 4 is 0 Å². The second-order valence-electron chi connectivity index (χ2n) is 7.18. The molecule has 0 saturated heterocycles. The lowest BCUT2D eigenvalue weighted by Crippen LogP contribution is -2.44. The van der Waals surface area contributed by atoms with E-state index in [1.54, 1.807) is 0 Å². The fourth-order valence-electron chi connectivity index (χ4n) is 4.26. The highest BCUT2D eigenvalue weighted by Gasteiger charge is 2.33. The number of rotatable bonds is 2. The van der Waals surface area contributed by atoms with E-state index in [1.165, 1.54) is 37.7 Å². The fraction of sp³-hybridized carbons (Fsp3) is 0.684. The third kappa shape index (κ3) is 3.17. The topological polar surface area (TPSA) is 23.5 Å². The molecule has 0 amide bonds. The first kappa shape index (κ1) is 15.1. The Balaban J connectivity index is 1.75. The van der Waals surface area contributed by atoms with Crippen molar-refractivity contribution in [2.45, 2.75) is 70.1 Å². The third-order valence-corrected chi connectivity index (χ3v) is 5.77. The van der Waals surface area contributed by atoms with Gasteiger partial charge in [-0.25, -0.2) is 0 Å². The summed E-state index contributed by atoms with van der Waals surface area (Å²) in [5.74, 6) is 0.884. The molecule has 21 heavy (non-hydrogen) atoms. The second kappa shape index (κ2) is 6.50. The smallest absolute Gasteiger partial charge is 0.0947 e. The monoisotopic (exact) mass is 287 g/mol. The highest BCUT2D eigenvalue weighted by Crippen LogP contribution is 2.35. The molecule has 0 spiro atoms. The standard InChI is InChI=1S/C19H29NO/c1-14-10-12-16(13-11-14)20(2)18-9-5-7-15-6-3-4-8-17(15)19(18)21/h3-4,6,8,14,16,18-19,21H,5,7,9-13H2,1-2H3. The Bertz CT molecular complexity index is 464. The summed E-state index contributed by atoms with van der Waals surface area (Å²) in [6.45, 7) is 2.37. The number of likely N-dealkylation sites (N-methyl/N-ethyl adjacent to an activating group) is 1. The zero-order valence-corrected chi connectivity index (χ0v) is 13.5. The Morgan fingerprint density at radius 1 is 1.05 bits per heavy atom. The van der Waals surface area contributed by atoms with Gasteiger partial charge in [-0.1, -0.05) is 31.2 Å². The molecule has 0 radical (unpaired) electrons. The Hall–Kier alpha value is -0.860. The number of nitrogens with zero attached hydrogens (tertiary/aromatic N) is 1. The van der Waals surface area contributed by atoms with Crippen molar-refractivity contribution in [2.75, 3.05) is 7.05 Å². The van der Waals surface area contributed by atoms with Crippen LogP contribution in [0.3, 0.4) is 0 Å². The minimum atomic E-state index is -0.326. The van der Waals surface area contributed by atoms with E-state index < -0.39 is 0 Å². The van der Waals surface area contributed by atoms with E-state index in [9.17, 15) is 5.11 Å². The quantitative estimate of drug-likeness (QED) is 0.833. The van der Waals surface area contributed by atoms with Crippen molar-refractivity contribution in [3.63, 3.8) is 0 Å². The average molecular weight is 287 g/mol. The van der Waals surface area contributed by atoms with Crippen molar-refractivity contribution < 1.29 is 5.11 Å². The molecule has 116 valence electrons. The molecule has 2 heteroatoms. The summed E-state index contributed by atoms with van der Waals surface area (Å²) in [5, 5.41) is 10.9. The van der Waals surface area contributed by atoms with Crippen molar-refractivity contribution in [1.82, 2.24) is 4.90 Å². The SMILES string of the molecule is CC1CCC(N(C)C2CCCc3ccccc3C2O)CC1. The van der Waals surface area contributed by atoms with Crippen LogP contribution in [0.2, 0.25) is 0 Å². The van der Waals surface area contributed by atoms with E-state index >= 15 is 0 Å². The van der Waals surface area contributed by atoms with Crippen molar-refractivity contribution in [3.8, 4) is 0 Å². The predicted octanol–water partition coefficient (Wildman–Crippen LogP) is 3.94. The maximum atomic E-state index is 10.9. The molecule has 1 fully saturated rings. The number of benzene rings is 1. The van der Waals surface area contributed by atoms with Crippen molar-refractivity contribution in [1.29, 1.82) is 0 Å². The zero-order valence-electron chi connectivity index (χ0n) is 13.5. The first-order valence-electron chi connectivity index (χ1n) is 8.64. The van der Waals surface area contributed by atoms with Gasteiger partial charge in [0.25, 0.3) is 0 Å². The van der Waals surface area contributed by atoms with Crippen LogP contribution in [-0.4, -0.2) is 29.1 Å². The second-order valence-corrected chi connectivity index (χ2v) is 7.18. The molecule has 2 unspecified atom stereocenters. The largest absolute Gasteiger partial charge is 0.387 e. The molecule has 0 heterocycles. The molecular weight excluding hydrogens is 258 g/mol. The lowest BCUT2D eigenvalue weighted by atomic mass is 9.85. The lowest BCUT2D eigenvalue weighted by Gasteiger charge is -2.40. The molecular formula is C19H29NO. The van der Waals surface area contributed by atoms with E-state index in [-0.39, 0.29) is 12.1 Å². The van der Waals surface area contributed by atoms with Gasteiger partial charge in [0.1, 0.15) is 0 Å². The summed E-state index contributed by atoms with van der Waals surface area (Å²) in [7, 11) is 2.24. The van der Waals surface area contributed by atoms with Gasteiger partial charge >= 0.3 is 0 Å². The van der Waals surface area contributed by atoms with Gasteiger partial charge in [0, 0.05) is 12.1 Å². The first-order chi connectivity index (χ1) is 10.2. The molecule has 0 bridgehead atoms. The van der Waals surface area contributed by atoms with Crippen LogP contribution in [0.1, 0.15) is 62.7 Å². The number of aliphatic hydroxyl groups is 1. The molecule has 2 aliphatic carbocycles. The minimum absolute atomic E-state index is 0.284. The molecule has 1 N–H and O–H groups in total. The van der Waals surface area contributed by atoms with E-state index in [0.29, 0.717) is 6.04 Å². The van der Waals surface area contributed by atoms with Gasteiger partial charge in [-0.05, 0) is 69.0 Å². The summed E-state index contributed by atoms with van der Waals surface area (Å²) >= 11 is 0. The minimum Gasteiger partial charge on any atom is -0.387 e. The zero-order chi connectivity index (χ0) is 14.8. The molecule has 1 aromatic rings. The molecule has 0 aromatic heterocycles. The van der Waals surface area contributed by atoms with Gasteiger partial charge in [0.2, 0.25) is 0 Å². The summed E-state index contributed by atoms with van der Waals surface area (Å²) in [5.41, 5.74) is 2.51. The highest BCUT2D eigenvalue weighted by atomic mass is 16.3. The normalized spacial score (nSPS) is 33.5. The van der Waals surface area contributed by atoms with Crippen molar-refractivity contribution in [2.24, 2.45) is 5.92 Å². The summed E-state index contributed by atoms with van der Waals surface area (Å²) in [4.78, 5) is 2.50. The maximum Gasteiger partial charge on any atom is 0.0947 e. The van der Waals surface area contributed by atoms with E-state index in [2.05, 4.69) is 43.1 Å². The number of hydrogen-bond acceptors (Lipinski definition) is 2. The Labute approximate surface area is 129 Å². The molecule has 2 atom stereocenters. The van der Waals surface area contributed by atoms with Gasteiger partial charge < -0.3 is 5.11 Å². The average Bonchev–Trinajstić information content (AvgIpc) is 2.67. The van der Waals surface area contributed by atoms with Crippen LogP contribution in [0.25, 0.3) is 0 Å². The molecule has 1 aromatic carbocycles. The van der Waals surface area contributed by atoms with E-state index in [1.807, 2.05) is 0 Å². The number of aliphatic hydroxyl groups excluding tert-OH is 1. The van der Waals surface area contributed by atoms with Gasteiger partial charge in [0.15, 0.2) is 0 Å². The third-order valence-electron chi connectivity index (χ3n) is 5.77. The lowest BCUT2D eigenvalue weighted by molar-refractivity contribution is 0.0227. The van der Waals surface area contributed by atoms with Crippen LogP contribution in [0.15, 0.2) is 24.3 Å². The van der Waals surface area contributed by atoms with Gasteiger partial charge in [-0.2, -0.15) is 0 Å². The van der Waals surface area contributed by atoms with Crippen LogP contribution >= 0.6 is 0 Å². The van der Waals surface area contributed by atoms with Crippen LogP contribution in [-0.2, 0) is 6.42 Å². The first-order valence-corrected chi connectivity index (χ1v) is 8.64. The summed E-state index contributed by atoms with van der Waals surface area (Å²) in [6, 6.07) is 9.40. The van der Waals surface area contributed by atoms with E-state index in [4.69, 9.17) is 0 Å². The van der Waals surface area contributed by atoms with Gasteiger partial charge in [0.05, 0.1) is 6.10 Å². The Kier molecular flexibility index (Phi) is 4.66. The Morgan fingerprint density at radius 2 is 1.76 bits per heavy atom. The van der Waals surface area contributed by atoms with Crippen molar-refractivity contribution in [3.05, 3.63) is 35.4 Å². The fourth-order valence-corrected chi connectivity index (χ4v) is 4.26. The van der Waals surface area contributed by atoms with E-state index in [0.717, 1.165) is 24.3 Å².